The average Bonchev–Trinajstić information content (AvgIpc) is 2.89. The van der Waals surface area contributed by atoms with E-state index in [-0.39, 0.29) is 0 Å². The molecule has 0 fully saturated rings. The van der Waals surface area contributed by atoms with Gasteiger partial charge in [0.15, 0.2) is 0 Å². The van der Waals surface area contributed by atoms with Crippen LogP contribution < -0.4 is 10.1 Å². The Morgan fingerprint density at radius 3 is 2.81 bits per heavy atom. The number of fused-ring (bicyclic) bond motifs is 1. The van der Waals surface area contributed by atoms with Gasteiger partial charge in [-0.15, -0.1) is 0 Å². The van der Waals surface area contributed by atoms with E-state index in [0.29, 0.717) is 13.0 Å². The molecule has 1 atom stereocenters. The Labute approximate surface area is 123 Å². The summed E-state index contributed by atoms with van der Waals surface area (Å²) in [7, 11) is 0. The van der Waals surface area contributed by atoms with Gasteiger partial charge in [0, 0.05) is 12.1 Å². The summed E-state index contributed by atoms with van der Waals surface area (Å²) in [6.45, 7) is 2.48. The minimum absolute atomic E-state index is 0.493. The molecule has 0 aliphatic carbocycles. The van der Waals surface area contributed by atoms with Crippen molar-refractivity contribution >= 4 is 11.7 Å². The van der Waals surface area contributed by atoms with Crippen LogP contribution in [0.3, 0.4) is 0 Å². The third kappa shape index (κ3) is 2.84. The number of nitrogens with one attached hydrogen (secondary N) is 1. The minimum atomic E-state index is -0.824. The van der Waals surface area contributed by atoms with Crippen molar-refractivity contribution in [3.63, 3.8) is 0 Å². The molecule has 4 heteroatoms. The van der Waals surface area contributed by atoms with Gasteiger partial charge in [-0.1, -0.05) is 30.3 Å². The molecule has 0 spiro atoms. The number of anilines is 1. The fourth-order valence-corrected chi connectivity index (χ4v) is 2.53. The lowest BCUT2D eigenvalue weighted by Crippen LogP contribution is -2.26. The highest BCUT2D eigenvalue weighted by molar-refractivity contribution is 5.81. The first-order chi connectivity index (χ1) is 10.1. The summed E-state index contributed by atoms with van der Waals surface area (Å²) in [6, 6.07) is 13.3. The maximum absolute atomic E-state index is 11.1. The Bertz CT molecular complexity index is 667. The topological polar surface area (TPSA) is 58.6 Å². The zero-order valence-electron chi connectivity index (χ0n) is 11.8. The molecule has 108 valence electrons. The van der Waals surface area contributed by atoms with Crippen molar-refractivity contribution in [2.75, 3.05) is 5.32 Å². The van der Waals surface area contributed by atoms with E-state index in [4.69, 9.17) is 9.84 Å². The fourth-order valence-electron chi connectivity index (χ4n) is 2.53. The summed E-state index contributed by atoms with van der Waals surface area (Å²) < 4.78 is 5.87. The van der Waals surface area contributed by atoms with Crippen LogP contribution in [0.1, 0.15) is 16.7 Å². The Balaban J connectivity index is 1.76. The van der Waals surface area contributed by atoms with Gasteiger partial charge in [-0.2, -0.15) is 0 Å². The van der Waals surface area contributed by atoms with E-state index in [0.717, 1.165) is 28.1 Å². The molecule has 1 aliphatic rings. The van der Waals surface area contributed by atoms with Crippen LogP contribution in [0.2, 0.25) is 0 Å². The normalized spacial score (nSPS) is 16.1. The minimum Gasteiger partial charge on any atom is -0.489 e. The summed E-state index contributed by atoms with van der Waals surface area (Å²) >= 11 is 0. The molecule has 21 heavy (non-hydrogen) atoms. The van der Waals surface area contributed by atoms with Gasteiger partial charge >= 0.3 is 5.97 Å². The van der Waals surface area contributed by atoms with Crippen molar-refractivity contribution in [2.45, 2.75) is 26.0 Å². The summed E-state index contributed by atoms with van der Waals surface area (Å²) in [6.07, 6.45) is 0.493. The first-order valence-electron chi connectivity index (χ1n) is 6.93. The van der Waals surface area contributed by atoms with Gasteiger partial charge in [0.05, 0.1) is 0 Å². The Hall–Kier alpha value is -2.49. The molecule has 3 rings (SSSR count). The van der Waals surface area contributed by atoms with Crippen LogP contribution >= 0.6 is 0 Å². The number of aryl methyl sites for hydroxylation is 1. The molecule has 2 N–H and O–H groups in total. The van der Waals surface area contributed by atoms with Crippen LogP contribution in [0.15, 0.2) is 42.5 Å². The number of rotatable bonds is 4. The molecule has 4 nitrogen and oxygen atoms in total. The third-order valence-corrected chi connectivity index (χ3v) is 3.69. The third-order valence-electron chi connectivity index (χ3n) is 3.69. The molecule has 0 saturated carbocycles. The van der Waals surface area contributed by atoms with E-state index >= 15 is 0 Å². The van der Waals surface area contributed by atoms with Gasteiger partial charge in [-0.05, 0) is 35.7 Å². The first-order valence-corrected chi connectivity index (χ1v) is 6.93. The number of carboxylic acids is 1. The van der Waals surface area contributed by atoms with Gasteiger partial charge in [0.2, 0.25) is 0 Å². The smallest absolute Gasteiger partial charge is 0.326 e. The van der Waals surface area contributed by atoms with Crippen molar-refractivity contribution < 1.29 is 14.6 Å². The molecular weight excluding hydrogens is 266 g/mol. The van der Waals surface area contributed by atoms with Crippen molar-refractivity contribution in [1.82, 2.24) is 0 Å². The average molecular weight is 283 g/mol. The predicted octanol–water partition coefficient (Wildman–Crippen LogP) is 3.00. The Kier molecular flexibility index (Phi) is 3.52. The number of hydrogen-bond acceptors (Lipinski definition) is 3. The van der Waals surface area contributed by atoms with E-state index in [9.17, 15) is 4.79 Å². The Morgan fingerprint density at radius 1 is 1.33 bits per heavy atom. The van der Waals surface area contributed by atoms with Crippen molar-refractivity contribution in [1.29, 1.82) is 0 Å². The van der Waals surface area contributed by atoms with Crippen molar-refractivity contribution in [3.8, 4) is 5.75 Å². The molecule has 1 heterocycles. The number of carboxylic acid groups (broad SMARTS) is 1. The molecule has 0 aromatic heterocycles. The lowest BCUT2D eigenvalue weighted by Gasteiger charge is -2.11. The van der Waals surface area contributed by atoms with Crippen LogP contribution in [-0.2, 0) is 17.8 Å². The predicted molar refractivity (Wildman–Crippen MR) is 80.7 cm³/mol. The van der Waals surface area contributed by atoms with E-state index in [1.165, 1.54) is 0 Å². The second-order valence-corrected chi connectivity index (χ2v) is 5.29. The zero-order valence-corrected chi connectivity index (χ0v) is 11.8. The van der Waals surface area contributed by atoms with Crippen LogP contribution in [0.25, 0.3) is 0 Å². The highest BCUT2D eigenvalue weighted by Gasteiger charge is 2.27. The van der Waals surface area contributed by atoms with Gasteiger partial charge in [-0.3, -0.25) is 0 Å². The van der Waals surface area contributed by atoms with E-state index in [2.05, 4.69) is 5.32 Å². The second-order valence-electron chi connectivity index (χ2n) is 5.29. The van der Waals surface area contributed by atoms with Gasteiger partial charge < -0.3 is 15.2 Å². The summed E-state index contributed by atoms with van der Waals surface area (Å²) in [4.78, 5) is 11.1. The van der Waals surface area contributed by atoms with Crippen molar-refractivity contribution in [3.05, 3.63) is 59.2 Å². The number of benzene rings is 2. The maximum atomic E-state index is 11.1. The summed E-state index contributed by atoms with van der Waals surface area (Å²) in [5.41, 5.74) is 4.00. The number of aliphatic carboxylic acids is 1. The largest absolute Gasteiger partial charge is 0.489 e. The lowest BCUT2D eigenvalue weighted by molar-refractivity contribution is -0.137. The SMILES string of the molecule is Cc1cc2c(cc1OCc1ccccc1)CC(C(=O)O)N2. The van der Waals surface area contributed by atoms with E-state index in [1.54, 1.807) is 0 Å². The lowest BCUT2D eigenvalue weighted by atomic mass is 10.1. The first kappa shape index (κ1) is 13.5. The Morgan fingerprint density at radius 2 is 2.10 bits per heavy atom. The van der Waals surface area contributed by atoms with Gasteiger partial charge in [-0.25, -0.2) is 4.79 Å². The molecule has 0 bridgehead atoms. The summed E-state index contributed by atoms with van der Waals surface area (Å²) in [5, 5.41) is 12.1. The van der Waals surface area contributed by atoms with Gasteiger partial charge in [0.1, 0.15) is 18.4 Å². The monoisotopic (exact) mass is 283 g/mol. The maximum Gasteiger partial charge on any atom is 0.326 e. The zero-order chi connectivity index (χ0) is 14.8. The molecule has 0 saturated heterocycles. The molecule has 0 amide bonds. The molecule has 2 aromatic rings. The van der Waals surface area contributed by atoms with Crippen LogP contribution in [0.5, 0.6) is 5.75 Å². The van der Waals surface area contributed by atoms with E-state index < -0.39 is 12.0 Å². The quantitative estimate of drug-likeness (QED) is 0.905. The van der Waals surface area contributed by atoms with Crippen molar-refractivity contribution in [2.24, 2.45) is 0 Å². The van der Waals surface area contributed by atoms with Gasteiger partial charge in [0.25, 0.3) is 0 Å². The highest BCUT2D eigenvalue weighted by Crippen LogP contribution is 2.33. The summed E-state index contributed by atoms with van der Waals surface area (Å²) in [5.74, 6) is -0.0129. The molecule has 1 unspecified atom stereocenters. The molecular formula is C17H17NO3. The number of hydrogen-bond donors (Lipinski definition) is 2. The van der Waals surface area contributed by atoms with Crippen LogP contribution in [0.4, 0.5) is 5.69 Å². The van der Waals surface area contributed by atoms with Crippen LogP contribution in [0, 0.1) is 6.92 Å². The highest BCUT2D eigenvalue weighted by atomic mass is 16.5. The molecule has 1 aliphatic heterocycles. The van der Waals surface area contributed by atoms with Crippen LogP contribution in [-0.4, -0.2) is 17.1 Å². The second kappa shape index (κ2) is 5.48. The number of carbonyl (C=O) groups is 1. The van der Waals surface area contributed by atoms with E-state index in [1.807, 2.05) is 49.4 Å². The molecule has 0 radical (unpaired) electrons. The number of ether oxygens (including phenoxy) is 1. The fraction of sp³-hybridized carbons (Fsp3) is 0.235. The molecule has 2 aromatic carbocycles. The standard InChI is InChI=1S/C17H17NO3/c1-11-7-14-13(8-15(18-14)17(19)20)9-16(11)21-10-12-5-3-2-4-6-12/h2-7,9,15,18H,8,10H2,1H3,(H,19,20).